The lowest BCUT2D eigenvalue weighted by molar-refractivity contribution is -0.137. The number of aliphatic hydroxyl groups excluding tert-OH is 1. The Morgan fingerprint density at radius 1 is 1.15 bits per heavy atom. The second-order valence-corrected chi connectivity index (χ2v) is 10.3. The first-order valence-electron chi connectivity index (χ1n) is 13.1. The van der Waals surface area contributed by atoms with Gasteiger partial charge in [0.15, 0.2) is 5.75 Å². The summed E-state index contributed by atoms with van der Waals surface area (Å²) in [6, 6.07) is 3.03. The lowest BCUT2D eigenvalue weighted by Gasteiger charge is -2.47. The number of carbonyl (C=O) groups is 1. The van der Waals surface area contributed by atoms with Gasteiger partial charge in [0.05, 0.1) is 30.7 Å². The number of rotatable bonds is 10. The molecule has 2 heterocycles. The van der Waals surface area contributed by atoms with Gasteiger partial charge in [0.25, 0.3) is 0 Å². The fraction of sp³-hybridized carbons (Fsp3) is 0.593. The van der Waals surface area contributed by atoms with Crippen molar-refractivity contribution in [2.24, 2.45) is 0 Å². The Bertz CT molecular complexity index is 1070. The molecule has 2 atom stereocenters. The van der Waals surface area contributed by atoms with Gasteiger partial charge in [-0.15, -0.1) is 0 Å². The van der Waals surface area contributed by atoms with E-state index in [9.17, 15) is 18.0 Å². The number of likely N-dealkylation sites (tertiary alicyclic amines) is 1. The second kappa shape index (κ2) is 13.5. The van der Waals surface area contributed by atoms with Crippen molar-refractivity contribution >= 4 is 23.6 Å². The van der Waals surface area contributed by atoms with Crippen LogP contribution in [0.15, 0.2) is 30.6 Å². The van der Waals surface area contributed by atoms with Crippen LogP contribution in [-0.4, -0.2) is 63.5 Å². The maximum absolute atomic E-state index is 13.5. The number of aliphatic hydroxyl groups is 1. The molecule has 2 unspecified atom stereocenters. The van der Waals surface area contributed by atoms with Gasteiger partial charge in [0.2, 0.25) is 5.95 Å². The molecule has 3 rings (SSSR count). The molecule has 0 spiro atoms. The highest BCUT2D eigenvalue weighted by molar-refractivity contribution is 6.30. The standard InChI is InChI=1S/C27H36ClF3N4O4/c1-5-21-12-23(13-22(6-2)35(21)26(37)39-17(3)4)34(25-32-14-24(15-33-25)38-8-7-36)16-18-9-19(27(29,30)31)11-20(28)10-18/h9-11,14-15,17,21-23,36H,5-8,12-13,16H2,1-4H3. The van der Waals surface area contributed by atoms with Crippen LogP contribution in [0.1, 0.15) is 64.5 Å². The molecule has 1 aliphatic rings. The van der Waals surface area contributed by atoms with Gasteiger partial charge in [-0.3, -0.25) is 0 Å². The van der Waals surface area contributed by atoms with Crippen LogP contribution in [0.2, 0.25) is 5.02 Å². The normalized spacial score (nSPS) is 19.7. The Hall–Kier alpha value is -2.79. The third kappa shape index (κ3) is 8.11. The van der Waals surface area contributed by atoms with Gasteiger partial charge in [-0.25, -0.2) is 14.8 Å². The minimum atomic E-state index is -4.55. The van der Waals surface area contributed by atoms with Gasteiger partial charge in [0, 0.05) is 29.7 Å². The molecule has 1 aromatic heterocycles. The molecule has 0 saturated carbocycles. The monoisotopic (exact) mass is 572 g/mol. The quantitative estimate of drug-likeness (QED) is 0.368. The minimum Gasteiger partial charge on any atom is -0.488 e. The van der Waals surface area contributed by atoms with Crippen LogP contribution < -0.4 is 9.64 Å². The first kappa shape index (κ1) is 30.7. The van der Waals surface area contributed by atoms with E-state index in [2.05, 4.69) is 9.97 Å². The van der Waals surface area contributed by atoms with Gasteiger partial charge in [-0.2, -0.15) is 13.2 Å². The molecule has 1 aromatic carbocycles. The summed E-state index contributed by atoms with van der Waals surface area (Å²) >= 11 is 6.08. The van der Waals surface area contributed by atoms with E-state index < -0.39 is 11.7 Å². The molecule has 1 saturated heterocycles. The number of piperidine rings is 1. The molecule has 39 heavy (non-hydrogen) atoms. The molecular formula is C27H36ClF3N4O4. The number of amides is 1. The van der Waals surface area contributed by atoms with Crippen LogP contribution in [0.25, 0.3) is 0 Å². The fourth-order valence-electron chi connectivity index (χ4n) is 4.95. The van der Waals surface area contributed by atoms with Gasteiger partial charge in [-0.05, 0) is 63.3 Å². The highest BCUT2D eigenvalue weighted by atomic mass is 35.5. The average molecular weight is 573 g/mol. The van der Waals surface area contributed by atoms with Gasteiger partial charge in [-0.1, -0.05) is 25.4 Å². The van der Waals surface area contributed by atoms with Gasteiger partial charge in [0.1, 0.15) is 6.61 Å². The SMILES string of the molecule is CCC1CC(N(Cc2cc(Cl)cc(C(F)(F)F)c2)c2ncc(OCCO)cn2)CC(CC)N1C(=O)OC(C)C. The van der Waals surface area contributed by atoms with E-state index in [1.165, 1.54) is 18.5 Å². The smallest absolute Gasteiger partial charge is 0.416 e. The highest BCUT2D eigenvalue weighted by Crippen LogP contribution is 2.36. The summed E-state index contributed by atoms with van der Waals surface area (Å²) in [7, 11) is 0. The molecule has 0 bridgehead atoms. The average Bonchev–Trinajstić information content (AvgIpc) is 2.88. The maximum Gasteiger partial charge on any atom is 0.416 e. The number of ether oxygens (including phenoxy) is 2. The molecular weight excluding hydrogens is 537 g/mol. The number of halogens is 4. The van der Waals surface area contributed by atoms with Crippen LogP contribution in [0.3, 0.4) is 0 Å². The minimum absolute atomic E-state index is 0.0161. The van der Waals surface area contributed by atoms with Crippen LogP contribution in [0.4, 0.5) is 23.9 Å². The van der Waals surface area contributed by atoms with E-state index in [4.69, 9.17) is 26.2 Å². The molecule has 12 heteroatoms. The van der Waals surface area contributed by atoms with E-state index in [0.29, 0.717) is 42.9 Å². The number of nitrogens with zero attached hydrogens (tertiary/aromatic N) is 4. The zero-order valence-corrected chi connectivity index (χ0v) is 23.4. The Balaban J connectivity index is 1.98. The summed E-state index contributed by atoms with van der Waals surface area (Å²) in [5.41, 5.74) is -0.468. The summed E-state index contributed by atoms with van der Waals surface area (Å²) in [6.07, 6.45) is 0.235. The van der Waals surface area contributed by atoms with Crippen molar-refractivity contribution in [2.45, 2.75) is 90.3 Å². The fourth-order valence-corrected chi connectivity index (χ4v) is 5.21. The number of hydrogen-bond donors (Lipinski definition) is 1. The van der Waals surface area contributed by atoms with E-state index in [1.54, 1.807) is 13.8 Å². The number of benzene rings is 1. The predicted octanol–water partition coefficient (Wildman–Crippen LogP) is 6.09. The van der Waals surface area contributed by atoms with Crippen molar-refractivity contribution in [3.05, 3.63) is 46.7 Å². The molecule has 8 nitrogen and oxygen atoms in total. The molecule has 2 aromatic rings. The molecule has 1 fully saturated rings. The number of carbonyl (C=O) groups excluding carboxylic acids is 1. The van der Waals surface area contributed by atoms with Gasteiger partial charge < -0.3 is 24.4 Å². The van der Waals surface area contributed by atoms with Crippen LogP contribution in [0.5, 0.6) is 5.75 Å². The van der Waals surface area contributed by atoms with Gasteiger partial charge >= 0.3 is 12.3 Å². The summed E-state index contributed by atoms with van der Waals surface area (Å²) in [5.74, 6) is 0.673. The maximum atomic E-state index is 13.5. The predicted molar refractivity (Wildman–Crippen MR) is 142 cm³/mol. The third-order valence-electron chi connectivity index (χ3n) is 6.67. The highest BCUT2D eigenvalue weighted by Gasteiger charge is 2.41. The van der Waals surface area contributed by atoms with Crippen molar-refractivity contribution < 1.29 is 32.5 Å². The third-order valence-corrected chi connectivity index (χ3v) is 6.89. The molecule has 1 amide bonds. The molecule has 1 aliphatic heterocycles. The number of aromatic nitrogens is 2. The van der Waals surface area contributed by atoms with E-state index in [0.717, 1.165) is 12.1 Å². The van der Waals surface area contributed by atoms with Crippen LogP contribution in [0, 0.1) is 0 Å². The van der Waals surface area contributed by atoms with Crippen LogP contribution in [-0.2, 0) is 17.5 Å². The van der Waals surface area contributed by atoms with E-state index >= 15 is 0 Å². The summed E-state index contributed by atoms with van der Waals surface area (Å²) < 4.78 is 51.5. The Morgan fingerprint density at radius 2 is 1.77 bits per heavy atom. The molecule has 0 radical (unpaired) electrons. The lowest BCUT2D eigenvalue weighted by atomic mass is 9.87. The van der Waals surface area contributed by atoms with Crippen molar-refractivity contribution in [1.29, 1.82) is 0 Å². The zero-order valence-electron chi connectivity index (χ0n) is 22.6. The Labute approximate surface area is 232 Å². The summed E-state index contributed by atoms with van der Waals surface area (Å²) in [6.45, 7) is 7.59. The molecule has 1 N–H and O–H groups in total. The zero-order chi connectivity index (χ0) is 28.7. The number of hydrogen-bond acceptors (Lipinski definition) is 7. The van der Waals surface area contributed by atoms with Crippen molar-refractivity contribution in [1.82, 2.24) is 14.9 Å². The Kier molecular flexibility index (Phi) is 10.7. The summed E-state index contributed by atoms with van der Waals surface area (Å²) in [5, 5.41) is 8.99. The van der Waals surface area contributed by atoms with E-state index in [1.807, 2.05) is 23.6 Å². The first-order chi connectivity index (χ1) is 18.5. The molecule has 216 valence electrons. The van der Waals surface area contributed by atoms with E-state index in [-0.39, 0.29) is 55.1 Å². The summed E-state index contributed by atoms with van der Waals surface area (Å²) in [4.78, 5) is 25.6. The molecule has 0 aliphatic carbocycles. The number of alkyl halides is 3. The second-order valence-electron chi connectivity index (χ2n) is 9.85. The topological polar surface area (TPSA) is 88.0 Å². The van der Waals surface area contributed by atoms with Crippen LogP contribution >= 0.6 is 11.6 Å². The Morgan fingerprint density at radius 3 is 2.28 bits per heavy atom. The van der Waals surface area contributed by atoms with Crippen molar-refractivity contribution in [3.63, 3.8) is 0 Å². The largest absolute Gasteiger partial charge is 0.488 e. The first-order valence-corrected chi connectivity index (χ1v) is 13.5. The number of anilines is 1. The van der Waals surface area contributed by atoms with Crippen molar-refractivity contribution in [3.8, 4) is 5.75 Å². The van der Waals surface area contributed by atoms with Crippen molar-refractivity contribution in [2.75, 3.05) is 18.1 Å². The lowest BCUT2D eigenvalue weighted by Crippen LogP contribution is -2.57.